The van der Waals surface area contributed by atoms with E-state index in [0.717, 1.165) is 22.0 Å². The number of hydrogen-bond acceptors (Lipinski definition) is 5. The molecule has 0 bridgehead atoms. The fourth-order valence-corrected chi connectivity index (χ4v) is 4.31. The van der Waals surface area contributed by atoms with Gasteiger partial charge in [0.15, 0.2) is 5.16 Å². The normalized spacial score (nSPS) is 11.8. The van der Waals surface area contributed by atoms with E-state index in [-0.39, 0.29) is 0 Å². The van der Waals surface area contributed by atoms with Crippen LogP contribution < -0.4 is 0 Å². The molecule has 3 aromatic rings. The standard InChI is InChI=1S/C18H20N4O2S2/c1-14-7-4-5-10-17(14)22-13-19-20-18(22)25-12-15-8-6-9-16(11-15)26(23,24)21(2)3/h4-11,13H,12H2,1-3H3. The molecule has 1 heterocycles. The summed E-state index contributed by atoms with van der Waals surface area (Å²) in [7, 11) is -0.379. The number of aryl methyl sites for hydroxylation is 1. The van der Waals surface area contributed by atoms with Gasteiger partial charge in [-0.25, -0.2) is 12.7 Å². The Balaban J connectivity index is 1.82. The minimum Gasteiger partial charge on any atom is -0.276 e. The Morgan fingerprint density at radius 2 is 1.88 bits per heavy atom. The smallest absolute Gasteiger partial charge is 0.242 e. The van der Waals surface area contributed by atoms with Crippen LogP contribution in [0.2, 0.25) is 0 Å². The maximum absolute atomic E-state index is 12.3. The maximum atomic E-state index is 12.3. The van der Waals surface area contributed by atoms with E-state index in [1.54, 1.807) is 24.5 Å². The molecule has 0 spiro atoms. The lowest BCUT2D eigenvalue weighted by Gasteiger charge is -2.12. The Bertz CT molecular complexity index is 1010. The first-order valence-electron chi connectivity index (χ1n) is 8.00. The molecule has 0 unspecified atom stereocenters. The van der Waals surface area contributed by atoms with Gasteiger partial charge in [0.1, 0.15) is 6.33 Å². The van der Waals surface area contributed by atoms with Crippen LogP contribution in [0.1, 0.15) is 11.1 Å². The van der Waals surface area contributed by atoms with Crippen molar-refractivity contribution in [1.29, 1.82) is 0 Å². The minimum absolute atomic E-state index is 0.293. The van der Waals surface area contributed by atoms with Crippen LogP contribution in [0.5, 0.6) is 0 Å². The number of hydrogen-bond donors (Lipinski definition) is 0. The van der Waals surface area contributed by atoms with Crippen LogP contribution in [0, 0.1) is 6.92 Å². The minimum atomic E-state index is -3.44. The molecule has 8 heteroatoms. The molecule has 0 radical (unpaired) electrons. The molecular formula is C18H20N4O2S2. The molecule has 0 N–H and O–H groups in total. The highest BCUT2D eigenvalue weighted by molar-refractivity contribution is 7.98. The molecule has 0 aliphatic rings. The SMILES string of the molecule is Cc1ccccc1-n1cnnc1SCc1cccc(S(=O)(=O)N(C)C)c1. The number of rotatable bonds is 6. The van der Waals surface area contributed by atoms with E-state index >= 15 is 0 Å². The molecule has 3 rings (SSSR count). The third kappa shape index (κ3) is 3.82. The lowest BCUT2D eigenvalue weighted by Crippen LogP contribution is -2.22. The molecule has 0 aliphatic heterocycles. The quantitative estimate of drug-likeness (QED) is 0.607. The summed E-state index contributed by atoms with van der Waals surface area (Å²) in [4.78, 5) is 0.293. The van der Waals surface area contributed by atoms with Gasteiger partial charge in [0.2, 0.25) is 10.0 Å². The Hall–Kier alpha value is -2.16. The van der Waals surface area contributed by atoms with Crippen LogP contribution in [-0.4, -0.2) is 41.6 Å². The van der Waals surface area contributed by atoms with Crippen LogP contribution in [0.4, 0.5) is 0 Å². The first-order valence-corrected chi connectivity index (χ1v) is 10.4. The van der Waals surface area contributed by atoms with Gasteiger partial charge in [-0.3, -0.25) is 4.57 Å². The number of nitrogens with zero attached hydrogens (tertiary/aromatic N) is 4. The number of sulfonamides is 1. The summed E-state index contributed by atoms with van der Waals surface area (Å²) in [5.41, 5.74) is 3.08. The summed E-state index contributed by atoms with van der Waals surface area (Å²) < 4.78 is 27.7. The van der Waals surface area contributed by atoms with Crippen molar-refractivity contribution in [3.05, 3.63) is 66.0 Å². The maximum Gasteiger partial charge on any atom is 0.242 e. The second kappa shape index (κ2) is 7.61. The van der Waals surface area contributed by atoms with Gasteiger partial charge in [-0.15, -0.1) is 10.2 Å². The number of thioether (sulfide) groups is 1. The number of para-hydroxylation sites is 1. The van der Waals surface area contributed by atoms with E-state index in [1.807, 2.05) is 41.8 Å². The average molecular weight is 389 g/mol. The van der Waals surface area contributed by atoms with Crippen LogP contribution >= 0.6 is 11.8 Å². The third-order valence-electron chi connectivity index (χ3n) is 3.94. The first-order chi connectivity index (χ1) is 12.4. The molecule has 0 aliphatic carbocycles. The zero-order valence-electron chi connectivity index (χ0n) is 14.8. The molecule has 26 heavy (non-hydrogen) atoms. The zero-order valence-corrected chi connectivity index (χ0v) is 16.5. The van der Waals surface area contributed by atoms with Gasteiger partial charge < -0.3 is 0 Å². The summed E-state index contributed by atoms with van der Waals surface area (Å²) in [5, 5.41) is 8.98. The van der Waals surface area contributed by atoms with Gasteiger partial charge in [0.25, 0.3) is 0 Å². The number of aromatic nitrogens is 3. The molecule has 2 aromatic carbocycles. The van der Waals surface area contributed by atoms with E-state index in [0.29, 0.717) is 10.6 Å². The van der Waals surface area contributed by atoms with Crippen molar-refractivity contribution in [2.45, 2.75) is 22.7 Å². The second-order valence-electron chi connectivity index (χ2n) is 5.99. The van der Waals surface area contributed by atoms with E-state index in [9.17, 15) is 8.42 Å². The molecule has 0 atom stereocenters. The van der Waals surface area contributed by atoms with Gasteiger partial charge in [0.05, 0.1) is 10.6 Å². The fourth-order valence-electron chi connectivity index (χ4n) is 2.48. The molecule has 0 saturated carbocycles. The lowest BCUT2D eigenvalue weighted by atomic mass is 10.2. The van der Waals surface area contributed by atoms with Gasteiger partial charge >= 0.3 is 0 Å². The Kier molecular flexibility index (Phi) is 5.45. The van der Waals surface area contributed by atoms with Crippen molar-refractivity contribution in [3.8, 4) is 5.69 Å². The van der Waals surface area contributed by atoms with Crippen molar-refractivity contribution in [3.63, 3.8) is 0 Å². The topological polar surface area (TPSA) is 68.1 Å². The van der Waals surface area contributed by atoms with Crippen LogP contribution in [0.3, 0.4) is 0 Å². The van der Waals surface area contributed by atoms with Gasteiger partial charge in [-0.05, 0) is 36.2 Å². The van der Waals surface area contributed by atoms with Crippen molar-refractivity contribution in [2.24, 2.45) is 0 Å². The predicted molar refractivity (Wildman–Crippen MR) is 103 cm³/mol. The van der Waals surface area contributed by atoms with E-state index < -0.39 is 10.0 Å². The molecule has 0 saturated heterocycles. The van der Waals surface area contributed by atoms with Gasteiger partial charge in [-0.1, -0.05) is 42.1 Å². The number of benzene rings is 2. The summed E-state index contributed by atoms with van der Waals surface area (Å²) in [6.07, 6.45) is 1.69. The summed E-state index contributed by atoms with van der Waals surface area (Å²) >= 11 is 1.52. The van der Waals surface area contributed by atoms with Crippen LogP contribution in [-0.2, 0) is 15.8 Å². The van der Waals surface area contributed by atoms with Crippen molar-refractivity contribution in [2.75, 3.05) is 14.1 Å². The second-order valence-corrected chi connectivity index (χ2v) is 9.09. The highest BCUT2D eigenvalue weighted by atomic mass is 32.2. The Morgan fingerprint density at radius 3 is 2.62 bits per heavy atom. The summed E-state index contributed by atoms with van der Waals surface area (Å²) in [5.74, 6) is 0.599. The van der Waals surface area contributed by atoms with Gasteiger partial charge in [-0.2, -0.15) is 0 Å². The Morgan fingerprint density at radius 1 is 1.12 bits per heavy atom. The molecule has 1 aromatic heterocycles. The van der Waals surface area contributed by atoms with E-state index in [4.69, 9.17) is 0 Å². The lowest BCUT2D eigenvalue weighted by molar-refractivity contribution is 0.520. The summed E-state index contributed by atoms with van der Waals surface area (Å²) in [6, 6.07) is 15.0. The van der Waals surface area contributed by atoms with Crippen molar-refractivity contribution >= 4 is 21.8 Å². The van der Waals surface area contributed by atoms with Crippen molar-refractivity contribution in [1.82, 2.24) is 19.1 Å². The van der Waals surface area contributed by atoms with Gasteiger partial charge in [0, 0.05) is 19.8 Å². The van der Waals surface area contributed by atoms with E-state index in [2.05, 4.69) is 10.2 Å². The highest BCUT2D eigenvalue weighted by Gasteiger charge is 2.17. The van der Waals surface area contributed by atoms with Crippen LogP contribution in [0.15, 0.2) is 64.9 Å². The van der Waals surface area contributed by atoms with E-state index in [1.165, 1.54) is 30.2 Å². The predicted octanol–water partition coefficient (Wildman–Crippen LogP) is 3.12. The largest absolute Gasteiger partial charge is 0.276 e. The van der Waals surface area contributed by atoms with Crippen molar-refractivity contribution < 1.29 is 8.42 Å². The first kappa shape index (κ1) is 18.6. The highest BCUT2D eigenvalue weighted by Crippen LogP contribution is 2.26. The average Bonchev–Trinajstić information content (AvgIpc) is 3.09. The molecule has 0 fully saturated rings. The summed E-state index contributed by atoms with van der Waals surface area (Å²) in [6.45, 7) is 2.04. The fraction of sp³-hybridized carbons (Fsp3) is 0.222. The molecule has 136 valence electrons. The zero-order chi connectivity index (χ0) is 18.7. The molecule has 0 amide bonds. The molecule has 6 nitrogen and oxygen atoms in total. The third-order valence-corrected chi connectivity index (χ3v) is 6.76. The monoisotopic (exact) mass is 388 g/mol. The molecular weight excluding hydrogens is 368 g/mol. The Labute approximate surface area is 157 Å². The van der Waals surface area contributed by atoms with Crippen LogP contribution in [0.25, 0.3) is 5.69 Å².